The van der Waals surface area contributed by atoms with E-state index in [0.717, 1.165) is 0 Å². The molecule has 0 saturated carbocycles. The largest absolute Gasteiger partial charge is 0.478 e. The number of nitrogens with two attached hydrogens (primary N) is 1. The van der Waals surface area contributed by atoms with Crippen LogP contribution in [0.5, 0.6) is 0 Å². The van der Waals surface area contributed by atoms with Crippen molar-refractivity contribution >= 4 is 17.6 Å². The van der Waals surface area contributed by atoms with E-state index in [-0.39, 0.29) is 11.1 Å². The minimum Gasteiger partial charge on any atom is -0.478 e. The second-order valence-electron chi connectivity index (χ2n) is 2.47. The Morgan fingerprint density at radius 3 is 2.46 bits per heavy atom. The van der Waals surface area contributed by atoms with Gasteiger partial charge in [0.1, 0.15) is 0 Å². The molecular formula is C8H7ClFNO2. The summed E-state index contributed by atoms with van der Waals surface area (Å²) in [7, 11) is 0. The van der Waals surface area contributed by atoms with Gasteiger partial charge < -0.3 is 5.11 Å². The molecule has 0 heterocycles. The normalized spacial score (nSPS) is 15.0. The van der Waals surface area contributed by atoms with E-state index in [1.54, 1.807) is 0 Å². The van der Waals surface area contributed by atoms with Crippen molar-refractivity contribution in [3.05, 3.63) is 35.4 Å². The van der Waals surface area contributed by atoms with Gasteiger partial charge in [0.15, 0.2) is 0 Å². The number of carbonyl (C=O) groups is 1. The van der Waals surface area contributed by atoms with Crippen molar-refractivity contribution in [3.8, 4) is 0 Å². The fourth-order valence-electron chi connectivity index (χ4n) is 0.960. The van der Waals surface area contributed by atoms with Gasteiger partial charge >= 0.3 is 5.97 Å². The smallest absolute Gasteiger partial charge is 0.336 e. The summed E-state index contributed by atoms with van der Waals surface area (Å²) >= 11 is 5.16. The molecular weight excluding hydrogens is 197 g/mol. The topological polar surface area (TPSA) is 63.3 Å². The third-order valence-electron chi connectivity index (χ3n) is 1.52. The minimum atomic E-state index is -2.64. The van der Waals surface area contributed by atoms with Gasteiger partial charge in [-0.3, -0.25) is 5.73 Å². The van der Waals surface area contributed by atoms with Crippen LogP contribution in [0.2, 0.25) is 0 Å². The lowest BCUT2D eigenvalue weighted by Crippen LogP contribution is -2.26. The number of carboxylic acid groups (broad SMARTS) is 1. The van der Waals surface area contributed by atoms with Crippen LogP contribution < -0.4 is 5.73 Å². The standard InChI is InChI=1S/C8H7ClFNO2/c9-8(10,11)6-4-2-1-3-5(6)7(12)13/h1-4H,11H2,(H,12,13). The van der Waals surface area contributed by atoms with E-state index >= 15 is 0 Å². The van der Waals surface area contributed by atoms with E-state index in [2.05, 4.69) is 0 Å². The highest BCUT2D eigenvalue weighted by Gasteiger charge is 2.27. The summed E-state index contributed by atoms with van der Waals surface area (Å²) in [6, 6.07) is 5.40. The summed E-state index contributed by atoms with van der Waals surface area (Å²) in [5, 5.41) is 6.00. The third kappa shape index (κ3) is 2.17. The number of rotatable bonds is 2. The summed E-state index contributed by atoms with van der Waals surface area (Å²) < 4.78 is 13.0. The van der Waals surface area contributed by atoms with Crippen molar-refractivity contribution in [1.82, 2.24) is 0 Å². The Hall–Kier alpha value is -1.13. The van der Waals surface area contributed by atoms with Crippen molar-refractivity contribution in [1.29, 1.82) is 0 Å². The number of benzene rings is 1. The first kappa shape index (κ1) is 9.95. The minimum absolute atomic E-state index is 0.234. The van der Waals surface area contributed by atoms with Gasteiger partial charge in [-0.05, 0) is 6.07 Å². The highest BCUT2D eigenvalue weighted by atomic mass is 35.5. The van der Waals surface area contributed by atoms with Crippen LogP contribution in [0.4, 0.5) is 4.39 Å². The molecule has 0 aliphatic heterocycles. The highest BCUT2D eigenvalue weighted by Crippen LogP contribution is 2.27. The quantitative estimate of drug-likeness (QED) is 0.568. The Labute approximate surface area is 78.9 Å². The number of alkyl halides is 2. The molecule has 0 radical (unpaired) electrons. The maximum absolute atomic E-state index is 13.0. The molecule has 1 atom stereocenters. The second kappa shape index (κ2) is 3.32. The molecule has 70 valence electrons. The predicted octanol–water partition coefficient (Wildman–Crippen LogP) is 1.66. The van der Waals surface area contributed by atoms with E-state index in [0.29, 0.717) is 0 Å². The zero-order valence-electron chi connectivity index (χ0n) is 6.50. The highest BCUT2D eigenvalue weighted by molar-refractivity contribution is 6.23. The van der Waals surface area contributed by atoms with Gasteiger partial charge in [-0.25, -0.2) is 9.18 Å². The Morgan fingerprint density at radius 1 is 1.54 bits per heavy atom. The Kier molecular flexibility index (Phi) is 2.54. The maximum Gasteiger partial charge on any atom is 0.336 e. The van der Waals surface area contributed by atoms with E-state index in [4.69, 9.17) is 22.4 Å². The average molecular weight is 204 g/mol. The first-order valence-corrected chi connectivity index (χ1v) is 3.80. The summed E-state index contributed by atoms with van der Waals surface area (Å²) in [4.78, 5) is 10.6. The molecule has 0 aromatic heterocycles. The van der Waals surface area contributed by atoms with Gasteiger partial charge in [0.2, 0.25) is 0 Å². The monoisotopic (exact) mass is 203 g/mol. The molecule has 1 unspecified atom stereocenters. The molecule has 3 nitrogen and oxygen atoms in total. The molecule has 1 aromatic rings. The molecule has 0 bridgehead atoms. The Bertz CT molecular complexity index is 335. The lowest BCUT2D eigenvalue weighted by Gasteiger charge is -2.13. The summed E-state index contributed by atoms with van der Waals surface area (Å²) in [6.45, 7) is 0. The number of carboxylic acids is 1. The molecule has 3 N–H and O–H groups in total. The van der Waals surface area contributed by atoms with Crippen LogP contribution >= 0.6 is 11.6 Å². The molecule has 0 fully saturated rings. The van der Waals surface area contributed by atoms with Crippen molar-refractivity contribution < 1.29 is 14.3 Å². The van der Waals surface area contributed by atoms with Gasteiger partial charge in [-0.2, -0.15) is 0 Å². The van der Waals surface area contributed by atoms with Crippen molar-refractivity contribution in [3.63, 3.8) is 0 Å². The second-order valence-corrected chi connectivity index (χ2v) is 3.02. The Balaban J connectivity index is 3.28. The van der Waals surface area contributed by atoms with E-state index in [9.17, 15) is 9.18 Å². The molecule has 13 heavy (non-hydrogen) atoms. The van der Waals surface area contributed by atoms with Gasteiger partial charge in [-0.1, -0.05) is 29.8 Å². The number of halogens is 2. The first-order valence-electron chi connectivity index (χ1n) is 3.42. The lowest BCUT2D eigenvalue weighted by atomic mass is 10.1. The zero-order chi connectivity index (χ0) is 10.1. The molecule has 5 heteroatoms. The molecule has 0 spiro atoms. The van der Waals surface area contributed by atoms with E-state index in [1.807, 2.05) is 0 Å². The van der Waals surface area contributed by atoms with Crippen LogP contribution in [0.3, 0.4) is 0 Å². The van der Waals surface area contributed by atoms with Crippen LogP contribution in [-0.4, -0.2) is 11.1 Å². The number of aromatic carboxylic acids is 1. The average Bonchev–Trinajstić information content (AvgIpc) is 2.03. The SMILES string of the molecule is NC(F)(Cl)c1ccccc1C(=O)O. The first-order chi connectivity index (χ1) is 5.93. The third-order valence-corrected chi connectivity index (χ3v) is 1.72. The molecule has 1 aromatic carbocycles. The summed E-state index contributed by atoms with van der Waals surface area (Å²) in [5.41, 5.74) is 4.45. The van der Waals surface area contributed by atoms with Gasteiger partial charge in [0.05, 0.1) is 5.56 Å². The van der Waals surface area contributed by atoms with Crippen LogP contribution in [-0.2, 0) is 5.25 Å². The van der Waals surface area contributed by atoms with E-state index < -0.39 is 11.2 Å². The van der Waals surface area contributed by atoms with Gasteiger partial charge in [0.25, 0.3) is 5.25 Å². The Morgan fingerprint density at radius 2 is 2.08 bits per heavy atom. The molecule has 0 aliphatic carbocycles. The van der Waals surface area contributed by atoms with Crippen LogP contribution in [0.15, 0.2) is 24.3 Å². The van der Waals surface area contributed by atoms with E-state index in [1.165, 1.54) is 24.3 Å². The van der Waals surface area contributed by atoms with Crippen LogP contribution in [0.1, 0.15) is 15.9 Å². The molecule has 1 rings (SSSR count). The molecule has 0 aliphatic rings. The van der Waals surface area contributed by atoms with Crippen LogP contribution in [0, 0.1) is 0 Å². The fraction of sp³-hybridized carbons (Fsp3) is 0.125. The van der Waals surface area contributed by atoms with Crippen molar-refractivity contribution in [2.24, 2.45) is 5.73 Å². The zero-order valence-corrected chi connectivity index (χ0v) is 7.25. The fourth-order valence-corrected chi connectivity index (χ4v) is 1.13. The molecule has 0 saturated heterocycles. The van der Waals surface area contributed by atoms with Crippen molar-refractivity contribution in [2.45, 2.75) is 5.25 Å². The van der Waals surface area contributed by atoms with Crippen LogP contribution in [0.25, 0.3) is 0 Å². The predicted molar refractivity (Wildman–Crippen MR) is 46.2 cm³/mol. The van der Waals surface area contributed by atoms with Gasteiger partial charge in [0, 0.05) is 5.56 Å². The summed E-state index contributed by atoms with van der Waals surface area (Å²) in [5.74, 6) is -1.26. The van der Waals surface area contributed by atoms with Crippen molar-refractivity contribution in [2.75, 3.05) is 0 Å². The van der Waals surface area contributed by atoms with Gasteiger partial charge in [-0.15, -0.1) is 0 Å². The maximum atomic E-state index is 13.0. The summed E-state index contributed by atoms with van der Waals surface area (Å²) in [6.07, 6.45) is 0. The molecule has 0 amide bonds. The number of hydrogen-bond acceptors (Lipinski definition) is 2. The number of hydrogen-bond donors (Lipinski definition) is 2. The lowest BCUT2D eigenvalue weighted by molar-refractivity contribution is 0.0692.